The van der Waals surface area contributed by atoms with Crippen molar-refractivity contribution in [1.29, 1.82) is 0 Å². The Morgan fingerprint density at radius 1 is 1.31 bits per heavy atom. The Labute approximate surface area is 96.0 Å². The van der Waals surface area contributed by atoms with E-state index in [1.165, 1.54) is 0 Å². The average Bonchev–Trinajstić information content (AvgIpc) is 2.19. The molecule has 90 valence electrons. The second-order valence-corrected chi connectivity index (χ2v) is 5.81. The zero-order valence-electron chi connectivity index (χ0n) is 9.31. The lowest BCUT2D eigenvalue weighted by Crippen LogP contribution is -2.03. The molecule has 0 saturated carbocycles. The lowest BCUT2D eigenvalue weighted by Gasteiger charge is -2.06. The maximum atomic E-state index is 11.4. The van der Waals surface area contributed by atoms with E-state index in [4.69, 9.17) is 10.8 Å². The molecule has 0 aliphatic heterocycles. The predicted octanol–water partition coefficient (Wildman–Crippen LogP) is 0.987. The van der Waals surface area contributed by atoms with E-state index in [9.17, 15) is 8.42 Å². The number of nitrogen functional groups attached to an aromatic ring is 1. The molecule has 0 unspecified atom stereocenters. The summed E-state index contributed by atoms with van der Waals surface area (Å²) in [5, 5.41) is 8.66. The van der Waals surface area contributed by atoms with Gasteiger partial charge < -0.3 is 10.8 Å². The second-order valence-electron chi connectivity index (χ2n) is 3.83. The number of hydrogen-bond acceptors (Lipinski definition) is 4. The first-order valence-corrected chi connectivity index (χ1v) is 7.03. The van der Waals surface area contributed by atoms with E-state index in [1.54, 1.807) is 12.1 Å². The first-order chi connectivity index (χ1) is 7.45. The fourth-order valence-electron chi connectivity index (χ4n) is 1.50. The summed E-state index contributed by atoms with van der Waals surface area (Å²) in [7, 11) is -3.26. The van der Waals surface area contributed by atoms with Gasteiger partial charge in [-0.25, -0.2) is 8.42 Å². The van der Waals surface area contributed by atoms with Crippen molar-refractivity contribution in [2.75, 3.05) is 18.6 Å². The zero-order valence-corrected chi connectivity index (χ0v) is 10.1. The van der Waals surface area contributed by atoms with Crippen LogP contribution in [0.15, 0.2) is 23.1 Å². The largest absolute Gasteiger partial charge is 0.398 e. The minimum atomic E-state index is -3.26. The van der Waals surface area contributed by atoms with Crippen molar-refractivity contribution in [2.45, 2.75) is 24.2 Å². The third-order valence-corrected chi connectivity index (χ3v) is 3.50. The monoisotopic (exact) mass is 243 g/mol. The number of aryl methyl sites for hydroxylation is 1. The molecule has 0 spiro atoms. The van der Waals surface area contributed by atoms with E-state index < -0.39 is 9.84 Å². The molecule has 0 aliphatic carbocycles. The van der Waals surface area contributed by atoms with Crippen LogP contribution in [0.4, 0.5) is 5.69 Å². The Balaban J connectivity index is 2.91. The Kier molecular flexibility index (Phi) is 4.32. The van der Waals surface area contributed by atoms with Gasteiger partial charge in [0.05, 0.1) is 10.6 Å². The number of nitrogens with two attached hydrogens (primary N) is 1. The number of unbranched alkanes of at least 4 members (excludes halogenated alkanes) is 1. The second kappa shape index (κ2) is 5.32. The third kappa shape index (κ3) is 3.50. The van der Waals surface area contributed by atoms with Crippen LogP contribution in [0.5, 0.6) is 0 Å². The van der Waals surface area contributed by atoms with E-state index in [1.807, 2.05) is 6.07 Å². The van der Waals surface area contributed by atoms with Crippen molar-refractivity contribution in [3.8, 4) is 0 Å². The number of aliphatic hydroxyl groups excluding tert-OH is 1. The predicted molar refractivity (Wildman–Crippen MR) is 64.0 cm³/mol. The summed E-state index contributed by atoms with van der Waals surface area (Å²) in [6, 6.07) is 5.05. The van der Waals surface area contributed by atoms with Crippen LogP contribution in [-0.4, -0.2) is 26.4 Å². The van der Waals surface area contributed by atoms with Crippen LogP contribution in [0, 0.1) is 0 Å². The highest BCUT2D eigenvalue weighted by Gasteiger charge is 2.11. The van der Waals surface area contributed by atoms with E-state index in [0.717, 1.165) is 31.1 Å². The minimum Gasteiger partial charge on any atom is -0.398 e. The molecule has 1 aromatic rings. The Hall–Kier alpha value is -1.07. The fraction of sp³-hybridized carbons (Fsp3) is 0.455. The van der Waals surface area contributed by atoms with E-state index >= 15 is 0 Å². The summed E-state index contributed by atoms with van der Waals surface area (Å²) in [5.74, 6) is 0. The van der Waals surface area contributed by atoms with Crippen molar-refractivity contribution in [3.63, 3.8) is 0 Å². The standard InChI is InChI=1S/C11H17NO3S/c1-16(14,15)11-8-9(4-2-3-7-13)5-6-10(11)12/h5-6,8,13H,2-4,7,12H2,1H3. The molecule has 5 heteroatoms. The van der Waals surface area contributed by atoms with Crippen molar-refractivity contribution in [3.05, 3.63) is 23.8 Å². The molecule has 0 amide bonds. The number of sulfone groups is 1. The minimum absolute atomic E-state index is 0.161. The van der Waals surface area contributed by atoms with Gasteiger partial charge in [0.2, 0.25) is 0 Å². The van der Waals surface area contributed by atoms with Crippen molar-refractivity contribution >= 4 is 15.5 Å². The summed E-state index contributed by atoms with van der Waals surface area (Å²) < 4.78 is 22.8. The van der Waals surface area contributed by atoms with E-state index in [2.05, 4.69) is 0 Å². The van der Waals surface area contributed by atoms with Gasteiger partial charge >= 0.3 is 0 Å². The van der Waals surface area contributed by atoms with Crippen LogP contribution in [0.3, 0.4) is 0 Å². The van der Waals surface area contributed by atoms with Gasteiger partial charge in [0.1, 0.15) is 0 Å². The Bertz CT molecular complexity index is 454. The molecular weight excluding hydrogens is 226 g/mol. The molecular formula is C11H17NO3S. The summed E-state index contributed by atoms with van der Waals surface area (Å²) >= 11 is 0. The molecule has 0 radical (unpaired) electrons. The van der Waals surface area contributed by atoms with Gasteiger partial charge in [-0.15, -0.1) is 0 Å². The van der Waals surface area contributed by atoms with Crippen LogP contribution in [0.25, 0.3) is 0 Å². The fourth-order valence-corrected chi connectivity index (χ4v) is 2.36. The number of benzene rings is 1. The molecule has 3 N–H and O–H groups in total. The van der Waals surface area contributed by atoms with Crippen molar-refractivity contribution in [1.82, 2.24) is 0 Å². The van der Waals surface area contributed by atoms with E-state index in [0.29, 0.717) is 0 Å². The van der Waals surface area contributed by atoms with Gasteiger partial charge in [0, 0.05) is 12.9 Å². The number of aliphatic hydroxyl groups is 1. The first-order valence-electron chi connectivity index (χ1n) is 5.14. The Morgan fingerprint density at radius 2 is 2.00 bits per heavy atom. The van der Waals surface area contributed by atoms with E-state index in [-0.39, 0.29) is 17.2 Å². The molecule has 1 aromatic carbocycles. The third-order valence-electron chi connectivity index (χ3n) is 2.35. The summed E-state index contributed by atoms with van der Waals surface area (Å²) in [6.45, 7) is 0.161. The van der Waals surface area contributed by atoms with Gasteiger partial charge in [0.15, 0.2) is 9.84 Å². The highest BCUT2D eigenvalue weighted by atomic mass is 32.2. The summed E-state index contributed by atoms with van der Waals surface area (Å²) in [6.07, 6.45) is 3.46. The average molecular weight is 243 g/mol. The molecule has 0 heterocycles. The molecule has 0 fully saturated rings. The number of hydrogen-bond donors (Lipinski definition) is 2. The lowest BCUT2D eigenvalue weighted by molar-refractivity contribution is 0.284. The van der Waals surface area contributed by atoms with Gasteiger partial charge in [-0.3, -0.25) is 0 Å². The van der Waals surface area contributed by atoms with Crippen LogP contribution >= 0.6 is 0 Å². The smallest absolute Gasteiger partial charge is 0.177 e. The van der Waals surface area contributed by atoms with Crippen LogP contribution in [0.1, 0.15) is 18.4 Å². The van der Waals surface area contributed by atoms with Gasteiger partial charge in [-0.2, -0.15) is 0 Å². The summed E-state index contributed by atoms with van der Waals surface area (Å²) in [5.41, 5.74) is 6.83. The van der Waals surface area contributed by atoms with Crippen molar-refractivity contribution in [2.24, 2.45) is 0 Å². The molecule has 4 nitrogen and oxygen atoms in total. The highest BCUT2D eigenvalue weighted by Crippen LogP contribution is 2.20. The molecule has 0 bridgehead atoms. The SMILES string of the molecule is CS(=O)(=O)c1cc(CCCCO)ccc1N. The maximum absolute atomic E-state index is 11.4. The van der Waals surface area contributed by atoms with Crippen LogP contribution < -0.4 is 5.73 Å². The number of rotatable bonds is 5. The molecule has 0 saturated heterocycles. The first kappa shape index (κ1) is 13.0. The highest BCUT2D eigenvalue weighted by molar-refractivity contribution is 7.90. The maximum Gasteiger partial charge on any atom is 0.177 e. The van der Waals surface area contributed by atoms with Crippen LogP contribution in [-0.2, 0) is 16.3 Å². The van der Waals surface area contributed by atoms with Gasteiger partial charge in [-0.05, 0) is 37.0 Å². The topological polar surface area (TPSA) is 80.4 Å². The molecule has 16 heavy (non-hydrogen) atoms. The van der Waals surface area contributed by atoms with Gasteiger partial charge in [0.25, 0.3) is 0 Å². The Morgan fingerprint density at radius 3 is 2.56 bits per heavy atom. The normalized spacial score (nSPS) is 11.6. The van der Waals surface area contributed by atoms with Crippen LogP contribution in [0.2, 0.25) is 0 Å². The number of anilines is 1. The molecule has 0 aliphatic rings. The molecule has 0 aromatic heterocycles. The molecule has 0 atom stereocenters. The van der Waals surface area contributed by atoms with Crippen molar-refractivity contribution < 1.29 is 13.5 Å². The molecule has 1 rings (SSSR count). The van der Waals surface area contributed by atoms with Gasteiger partial charge in [-0.1, -0.05) is 6.07 Å². The quantitative estimate of drug-likeness (QED) is 0.597. The summed E-state index contributed by atoms with van der Waals surface area (Å²) in [4.78, 5) is 0.189. The zero-order chi connectivity index (χ0) is 12.2. The lowest BCUT2D eigenvalue weighted by atomic mass is 10.1.